The molecule has 1 N–H and O–H groups in total. The smallest absolute Gasteiger partial charge is 0.251 e. The lowest BCUT2D eigenvalue weighted by molar-refractivity contribution is 0.0924. The minimum absolute atomic E-state index is 0.246. The molecule has 0 bridgehead atoms. The molecule has 0 atom stereocenters. The van der Waals surface area contributed by atoms with Crippen LogP contribution in [0.3, 0.4) is 0 Å². The minimum atomic E-state index is -1.58. The monoisotopic (exact) mass is 289 g/mol. The SMILES string of the molecule is CC(C)COCCCNC(=O)c1cc(F)c(F)c(F)c1. The topological polar surface area (TPSA) is 38.3 Å². The largest absolute Gasteiger partial charge is 0.381 e. The Morgan fingerprint density at radius 3 is 2.40 bits per heavy atom. The number of nitrogens with one attached hydrogen (secondary N) is 1. The Labute approximate surface area is 116 Å². The summed E-state index contributed by atoms with van der Waals surface area (Å²) in [6.45, 7) is 5.50. The fourth-order valence-corrected chi connectivity index (χ4v) is 1.48. The van der Waals surface area contributed by atoms with Gasteiger partial charge in [0.25, 0.3) is 5.91 Å². The summed E-state index contributed by atoms with van der Waals surface area (Å²) in [4.78, 5) is 11.6. The van der Waals surface area contributed by atoms with Gasteiger partial charge in [-0.3, -0.25) is 4.79 Å². The number of benzene rings is 1. The summed E-state index contributed by atoms with van der Waals surface area (Å²) in [7, 11) is 0. The van der Waals surface area contributed by atoms with Gasteiger partial charge in [0.05, 0.1) is 0 Å². The van der Waals surface area contributed by atoms with E-state index >= 15 is 0 Å². The van der Waals surface area contributed by atoms with E-state index in [-0.39, 0.29) is 5.56 Å². The summed E-state index contributed by atoms with van der Waals surface area (Å²) in [6, 6.07) is 1.34. The molecule has 1 aromatic carbocycles. The molecule has 0 spiro atoms. The van der Waals surface area contributed by atoms with E-state index in [2.05, 4.69) is 5.32 Å². The zero-order valence-corrected chi connectivity index (χ0v) is 11.5. The number of ether oxygens (including phenoxy) is 1. The first-order chi connectivity index (χ1) is 9.41. The Kier molecular flexibility index (Phi) is 6.51. The summed E-state index contributed by atoms with van der Waals surface area (Å²) in [6.07, 6.45) is 0.588. The highest BCUT2D eigenvalue weighted by Gasteiger charge is 2.14. The average molecular weight is 289 g/mol. The van der Waals surface area contributed by atoms with Gasteiger partial charge in [0.1, 0.15) is 0 Å². The van der Waals surface area contributed by atoms with E-state index in [9.17, 15) is 18.0 Å². The van der Waals surface area contributed by atoms with Crippen molar-refractivity contribution in [1.29, 1.82) is 0 Å². The fourth-order valence-electron chi connectivity index (χ4n) is 1.48. The molecule has 6 heteroatoms. The van der Waals surface area contributed by atoms with Crippen LogP contribution in [0, 0.1) is 23.4 Å². The number of amides is 1. The molecular weight excluding hydrogens is 271 g/mol. The molecule has 20 heavy (non-hydrogen) atoms. The molecule has 0 aromatic heterocycles. The molecule has 0 radical (unpaired) electrons. The highest BCUT2D eigenvalue weighted by atomic mass is 19.2. The third-order valence-corrected chi connectivity index (χ3v) is 2.45. The van der Waals surface area contributed by atoms with Crippen LogP contribution in [0.25, 0.3) is 0 Å². The van der Waals surface area contributed by atoms with Crippen LogP contribution in [0.1, 0.15) is 30.6 Å². The maximum atomic E-state index is 12.9. The minimum Gasteiger partial charge on any atom is -0.381 e. The zero-order chi connectivity index (χ0) is 15.1. The van der Waals surface area contributed by atoms with Crippen LogP contribution < -0.4 is 5.32 Å². The summed E-state index contributed by atoms with van der Waals surface area (Å²) >= 11 is 0. The van der Waals surface area contributed by atoms with Gasteiger partial charge >= 0.3 is 0 Å². The van der Waals surface area contributed by atoms with Crippen molar-refractivity contribution >= 4 is 5.91 Å². The Morgan fingerprint density at radius 2 is 1.85 bits per heavy atom. The highest BCUT2D eigenvalue weighted by molar-refractivity contribution is 5.94. The van der Waals surface area contributed by atoms with Gasteiger partial charge in [-0.15, -0.1) is 0 Å². The maximum Gasteiger partial charge on any atom is 0.251 e. The number of carbonyl (C=O) groups excluding carboxylic acids is 1. The van der Waals surface area contributed by atoms with Crippen molar-refractivity contribution in [3.05, 3.63) is 35.1 Å². The third kappa shape index (κ3) is 5.21. The average Bonchev–Trinajstić information content (AvgIpc) is 2.38. The lowest BCUT2D eigenvalue weighted by atomic mass is 10.2. The van der Waals surface area contributed by atoms with Crippen LogP contribution in [0.5, 0.6) is 0 Å². The van der Waals surface area contributed by atoms with Crippen molar-refractivity contribution < 1.29 is 22.7 Å². The van der Waals surface area contributed by atoms with E-state index < -0.39 is 23.4 Å². The molecule has 1 aromatic rings. The molecule has 0 unspecified atom stereocenters. The molecule has 1 amide bonds. The van der Waals surface area contributed by atoms with Crippen LogP contribution in [0.2, 0.25) is 0 Å². The zero-order valence-electron chi connectivity index (χ0n) is 11.5. The summed E-state index contributed by atoms with van der Waals surface area (Å²) in [5, 5.41) is 2.49. The molecule has 0 fully saturated rings. The fraction of sp³-hybridized carbons (Fsp3) is 0.500. The lowest BCUT2D eigenvalue weighted by Gasteiger charge is -2.08. The van der Waals surface area contributed by atoms with E-state index in [1.165, 1.54) is 0 Å². The van der Waals surface area contributed by atoms with Crippen LogP contribution in [-0.4, -0.2) is 25.7 Å². The first-order valence-corrected chi connectivity index (χ1v) is 6.42. The number of hydrogen-bond donors (Lipinski definition) is 1. The highest BCUT2D eigenvalue weighted by Crippen LogP contribution is 2.13. The van der Waals surface area contributed by atoms with Crippen molar-refractivity contribution in [3.63, 3.8) is 0 Å². The van der Waals surface area contributed by atoms with Crippen molar-refractivity contribution in [2.45, 2.75) is 20.3 Å². The van der Waals surface area contributed by atoms with Crippen molar-refractivity contribution in [2.24, 2.45) is 5.92 Å². The molecule has 0 saturated carbocycles. The molecular formula is C14H18F3NO2. The predicted molar refractivity (Wildman–Crippen MR) is 68.9 cm³/mol. The number of rotatable bonds is 7. The molecule has 112 valence electrons. The Morgan fingerprint density at radius 1 is 1.25 bits per heavy atom. The molecule has 0 aliphatic rings. The molecule has 0 saturated heterocycles. The van der Waals surface area contributed by atoms with Gasteiger partial charge in [0.2, 0.25) is 0 Å². The number of halogens is 3. The van der Waals surface area contributed by atoms with E-state index in [1.54, 1.807) is 0 Å². The van der Waals surface area contributed by atoms with Gasteiger partial charge in [0.15, 0.2) is 17.5 Å². The van der Waals surface area contributed by atoms with Crippen LogP contribution >= 0.6 is 0 Å². The van der Waals surface area contributed by atoms with E-state index in [4.69, 9.17) is 4.74 Å². The van der Waals surface area contributed by atoms with Crippen molar-refractivity contribution in [3.8, 4) is 0 Å². The maximum absolute atomic E-state index is 12.9. The standard InChI is InChI=1S/C14H18F3NO2/c1-9(2)8-20-5-3-4-18-14(19)10-6-11(15)13(17)12(16)7-10/h6-7,9H,3-5,8H2,1-2H3,(H,18,19). The Bertz CT molecular complexity index is 441. The van der Waals surface area contributed by atoms with Gasteiger partial charge in [-0.05, 0) is 24.5 Å². The number of hydrogen-bond acceptors (Lipinski definition) is 2. The Hall–Kier alpha value is -1.56. The lowest BCUT2D eigenvalue weighted by Crippen LogP contribution is -2.25. The molecule has 0 aliphatic heterocycles. The quantitative estimate of drug-likeness (QED) is 0.619. The van der Waals surface area contributed by atoms with Gasteiger partial charge in [0, 0.05) is 25.3 Å². The molecule has 0 aliphatic carbocycles. The van der Waals surface area contributed by atoms with E-state index in [0.717, 1.165) is 0 Å². The van der Waals surface area contributed by atoms with Crippen molar-refractivity contribution in [1.82, 2.24) is 5.32 Å². The Balaban J connectivity index is 2.36. The van der Waals surface area contributed by atoms with Crippen molar-refractivity contribution in [2.75, 3.05) is 19.8 Å². The number of carbonyl (C=O) groups is 1. The first-order valence-electron chi connectivity index (χ1n) is 6.42. The third-order valence-electron chi connectivity index (χ3n) is 2.45. The second-order valence-corrected chi connectivity index (χ2v) is 4.83. The molecule has 3 nitrogen and oxygen atoms in total. The normalized spacial score (nSPS) is 10.9. The molecule has 0 heterocycles. The summed E-state index contributed by atoms with van der Waals surface area (Å²) in [5.41, 5.74) is -0.246. The summed E-state index contributed by atoms with van der Waals surface area (Å²) in [5.74, 6) is -4.55. The van der Waals surface area contributed by atoms with Crippen LogP contribution in [-0.2, 0) is 4.74 Å². The van der Waals surface area contributed by atoms with E-state index in [0.29, 0.717) is 44.2 Å². The molecule has 1 rings (SSSR count). The second-order valence-electron chi connectivity index (χ2n) is 4.83. The van der Waals surface area contributed by atoms with E-state index in [1.807, 2.05) is 13.8 Å². The second kappa shape index (κ2) is 7.89. The van der Waals surface area contributed by atoms with Crippen LogP contribution in [0.15, 0.2) is 12.1 Å². The van der Waals surface area contributed by atoms with Gasteiger partial charge in [-0.25, -0.2) is 13.2 Å². The van der Waals surface area contributed by atoms with Gasteiger partial charge in [-0.1, -0.05) is 13.8 Å². The van der Waals surface area contributed by atoms with Crippen LogP contribution in [0.4, 0.5) is 13.2 Å². The van der Waals surface area contributed by atoms with Gasteiger partial charge in [-0.2, -0.15) is 0 Å². The summed E-state index contributed by atoms with van der Waals surface area (Å²) < 4.78 is 43.9. The van der Waals surface area contributed by atoms with Gasteiger partial charge < -0.3 is 10.1 Å². The first kappa shape index (κ1) is 16.5. The predicted octanol–water partition coefficient (Wildman–Crippen LogP) is 2.90.